The van der Waals surface area contributed by atoms with Crippen LogP contribution in [0.25, 0.3) is 56.3 Å². The van der Waals surface area contributed by atoms with Crippen molar-refractivity contribution >= 4 is 17.2 Å². The fourth-order valence-corrected chi connectivity index (χ4v) is 8.21. The number of aromatic nitrogens is 6. The Balaban J connectivity index is 0.000000156. The monoisotopic (exact) mass is 813 g/mol. The average Bonchev–Trinajstić information content (AvgIpc) is 3.87. The lowest BCUT2D eigenvalue weighted by Gasteiger charge is -2.38. The van der Waals surface area contributed by atoms with Gasteiger partial charge in [0.25, 0.3) is 5.91 Å². The normalized spacial score (nSPS) is 15.0. The molecule has 0 spiro atoms. The van der Waals surface area contributed by atoms with Crippen LogP contribution >= 0.6 is 0 Å². The number of benzene rings is 4. The van der Waals surface area contributed by atoms with E-state index in [1.54, 1.807) is 29.3 Å². The van der Waals surface area contributed by atoms with Crippen molar-refractivity contribution < 1.29 is 19.0 Å². The van der Waals surface area contributed by atoms with Crippen molar-refractivity contribution in [3.63, 3.8) is 0 Å². The van der Waals surface area contributed by atoms with E-state index in [9.17, 15) is 4.79 Å². The van der Waals surface area contributed by atoms with Crippen LogP contribution in [0.1, 0.15) is 60.1 Å². The molecule has 0 atom stereocenters. The van der Waals surface area contributed by atoms with Crippen LogP contribution in [0.4, 0.5) is 0 Å². The Morgan fingerprint density at radius 3 is 1.36 bits per heavy atom. The van der Waals surface area contributed by atoms with Gasteiger partial charge >= 0.3 is 0 Å². The van der Waals surface area contributed by atoms with Crippen LogP contribution in [0.5, 0.6) is 17.4 Å². The molecule has 0 unspecified atom stereocenters. The number of methoxy groups -OCH3 is 3. The second kappa shape index (κ2) is 15.8. The van der Waals surface area contributed by atoms with Gasteiger partial charge < -0.3 is 31.4 Å². The molecule has 4 aromatic carbocycles. The first-order chi connectivity index (χ1) is 29.6. The van der Waals surface area contributed by atoms with Crippen LogP contribution in [0.2, 0.25) is 0 Å². The largest absolute Gasteiger partial charge is 0.493 e. The lowest BCUT2D eigenvalue weighted by Crippen LogP contribution is -2.43. The summed E-state index contributed by atoms with van der Waals surface area (Å²) >= 11 is 0. The van der Waals surface area contributed by atoms with Gasteiger partial charge in [0.2, 0.25) is 5.88 Å². The van der Waals surface area contributed by atoms with Crippen LogP contribution in [-0.4, -0.2) is 56.4 Å². The summed E-state index contributed by atoms with van der Waals surface area (Å²) in [4.78, 5) is 21.6. The van der Waals surface area contributed by atoms with Crippen molar-refractivity contribution in [2.45, 2.75) is 49.6 Å². The molecule has 6 N–H and O–H groups in total. The molecule has 13 heteroatoms. The first-order valence-electron chi connectivity index (χ1n) is 20.3. The quantitative estimate of drug-likeness (QED) is 0.123. The molecule has 2 aliphatic carbocycles. The molecule has 10 rings (SSSR count). The van der Waals surface area contributed by atoms with E-state index in [-0.39, 0.29) is 16.8 Å². The molecule has 0 aliphatic heterocycles. The van der Waals surface area contributed by atoms with Gasteiger partial charge in [-0.1, -0.05) is 109 Å². The fourth-order valence-electron chi connectivity index (χ4n) is 8.21. The average molecular weight is 814 g/mol. The predicted molar refractivity (Wildman–Crippen MR) is 235 cm³/mol. The third kappa shape index (κ3) is 7.11. The number of hydrogen-bond acceptors (Lipinski definition) is 10. The van der Waals surface area contributed by atoms with Gasteiger partial charge in [-0.2, -0.15) is 5.10 Å². The van der Waals surface area contributed by atoms with Crippen LogP contribution in [0, 0.1) is 0 Å². The number of primary amides is 1. The molecule has 8 aromatic rings. The molecule has 1 amide bonds. The van der Waals surface area contributed by atoms with Crippen molar-refractivity contribution in [1.82, 2.24) is 29.2 Å². The number of amides is 1. The second-order valence-electron chi connectivity index (χ2n) is 15.7. The zero-order chi connectivity index (χ0) is 42.3. The number of nitrogens with two attached hydrogens (primary N) is 3. The molecule has 2 saturated carbocycles. The first-order valence-corrected chi connectivity index (χ1v) is 20.3. The van der Waals surface area contributed by atoms with E-state index in [2.05, 4.69) is 58.7 Å². The molecule has 13 nitrogen and oxygen atoms in total. The first kappa shape index (κ1) is 39.4. The number of nitrogens with zero attached hydrogens (tertiary/aromatic N) is 6. The predicted octanol–water partition coefficient (Wildman–Crippen LogP) is 7.93. The topological polar surface area (TPSA) is 183 Å². The molecule has 0 saturated heterocycles. The number of carbonyl (C=O) groups excluding carboxylic acids is 1. The van der Waals surface area contributed by atoms with E-state index >= 15 is 0 Å². The van der Waals surface area contributed by atoms with Gasteiger partial charge in [-0.15, -0.1) is 5.10 Å². The highest BCUT2D eigenvalue weighted by Gasteiger charge is 2.35. The van der Waals surface area contributed by atoms with Crippen molar-refractivity contribution in [3.8, 4) is 62.4 Å². The number of carbonyl (C=O) groups is 1. The van der Waals surface area contributed by atoms with E-state index in [1.165, 1.54) is 25.2 Å². The molecular weight excluding hydrogens is 767 g/mol. The number of fused-ring (bicyclic) bond motifs is 2. The minimum Gasteiger partial charge on any atom is -0.493 e. The Labute approximate surface area is 353 Å². The molecule has 4 heterocycles. The Bertz CT molecular complexity index is 2870. The SMILES string of the molecule is COc1cc(C(N)=O)nn2c(-c3ccccc3)c(-c3ccc(C4(N)CCC4)cc3)nc12.COc1cc(OC)c2nc(-c3ccc(C4(N)CCC4)cc3)c(-c3ccccc3)n2n1. The Morgan fingerprint density at radius 2 is 0.984 bits per heavy atom. The van der Waals surface area contributed by atoms with Crippen molar-refractivity contribution in [1.29, 1.82) is 0 Å². The van der Waals surface area contributed by atoms with Crippen LogP contribution in [0.15, 0.2) is 121 Å². The summed E-state index contributed by atoms with van der Waals surface area (Å²) in [5, 5.41) is 9.10. The lowest BCUT2D eigenvalue weighted by atomic mass is 9.72. The molecule has 61 heavy (non-hydrogen) atoms. The van der Waals surface area contributed by atoms with Gasteiger partial charge in [-0.05, 0) is 49.7 Å². The molecular formula is C48H47N9O4. The molecule has 0 bridgehead atoms. The van der Waals surface area contributed by atoms with Crippen molar-refractivity contribution in [2.75, 3.05) is 21.3 Å². The van der Waals surface area contributed by atoms with Crippen LogP contribution in [0.3, 0.4) is 0 Å². The zero-order valence-electron chi connectivity index (χ0n) is 34.3. The summed E-state index contributed by atoms with van der Waals surface area (Å²) in [6.07, 6.45) is 6.44. The summed E-state index contributed by atoms with van der Waals surface area (Å²) in [5.74, 6) is 0.870. The Hall–Kier alpha value is -7.09. The fraction of sp³-hybridized carbons (Fsp3) is 0.229. The van der Waals surface area contributed by atoms with Crippen LogP contribution in [-0.2, 0) is 11.1 Å². The van der Waals surface area contributed by atoms with Gasteiger partial charge in [0, 0.05) is 45.5 Å². The van der Waals surface area contributed by atoms with E-state index in [0.29, 0.717) is 28.7 Å². The van der Waals surface area contributed by atoms with Gasteiger partial charge in [0.15, 0.2) is 28.5 Å². The maximum absolute atomic E-state index is 11.9. The Morgan fingerprint density at radius 1 is 0.557 bits per heavy atom. The highest BCUT2D eigenvalue weighted by Crippen LogP contribution is 2.42. The second-order valence-corrected chi connectivity index (χ2v) is 15.7. The van der Waals surface area contributed by atoms with Crippen molar-refractivity contribution in [2.24, 2.45) is 17.2 Å². The standard InChI is InChI=1S/C24H23N5O2.C24H24N4O2/c1-31-19-14-18(22(25)30)28-29-21(16-6-3-2-4-7-16)20(27-23(19)29)15-8-10-17(11-9-15)24(26)12-5-13-24;1-29-19-15-20(30-2)27-28-22(17-7-4-3-5-8-17)21(26-23(19)28)16-9-11-18(12-10-16)24(25)13-6-14-24/h2-4,6-11,14H,5,12-13,26H2,1H3,(H2,25,30);3-5,7-12,15H,6,13-14,25H2,1-2H3. The third-order valence-electron chi connectivity index (χ3n) is 12.0. The van der Waals surface area contributed by atoms with Gasteiger partial charge in [0.1, 0.15) is 11.4 Å². The highest BCUT2D eigenvalue weighted by molar-refractivity contribution is 5.92. The summed E-state index contributed by atoms with van der Waals surface area (Å²) in [5.41, 5.74) is 28.8. The molecule has 2 aliphatic rings. The molecule has 2 fully saturated rings. The van der Waals surface area contributed by atoms with E-state index < -0.39 is 5.91 Å². The number of imidazole rings is 2. The molecule has 0 radical (unpaired) electrons. The van der Waals surface area contributed by atoms with Gasteiger partial charge in [0.05, 0.1) is 32.7 Å². The summed E-state index contributed by atoms with van der Waals surface area (Å²) in [6, 6.07) is 39.9. The smallest absolute Gasteiger partial charge is 0.269 e. The number of hydrogen-bond donors (Lipinski definition) is 3. The minimum absolute atomic E-state index is 0.107. The minimum atomic E-state index is -0.632. The summed E-state index contributed by atoms with van der Waals surface area (Å²) in [7, 11) is 4.75. The van der Waals surface area contributed by atoms with E-state index in [1.807, 2.05) is 60.7 Å². The van der Waals surface area contributed by atoms with E-state index in [0.717, 1.165) is 82.7 Å². The maximum atomic E-state index is 11.9. The summed E-state index contributed by atoms with van der Waals surface area (Å²) in [6.45, 7) is 0. The number of ether oxygens (including phenoxy) is 3. The van der Waals surface area contributed by atoms with Gasteiger partial charge in [-0.3, -0.25) is 4.79 Å². The molecule has 4 aromatic heterocycles. The third-order valence-corrected chi connectivity index (χ3v) is 12.0. The number of rotatable bonds is 10. The highest BCUT2D eigenvalue weighted by atomic mass is 16.5. The van der Waals surface area contributed by atoms with E-state index in [4.69, 9.17) is 41.4 Å². The molecule has 308 valence electrons. The summed E-state index contributed by atoms with van der Waals surface area (Å²) < 4.78 is 19.9. The van der Waals surface area contributed by atoms with Gasteiger partial charge in [-0.25, -0.2) is 19.0 Å². The lowest BCUT2D eigenvalue weighted by molar-refractivity contribution is 0.0994. The maximum Gasteiger partial charge on any atom is 0.269 e. The van der Waals surface area contributed by atoms with Crippen molar-refractivity contribution in [3.05, 3.63) is 138 Å². The van der Waals surface area contributed by atoms with Crippen LogP contribution < -0.4 is 31.4 Å². The Kier molecular flexibility index (Phi) is 10.2. The zero-order valence-corrected chi connectivity index (χ0v) is 34.3.